The van der Waals surface area contributed by atoms with Gasteiger partial charge in [-0.05, 0) is 6.07 Å². The summed E-state index contributed by atoms with van der Waals surface area (Å²) in [6.07, 6.45) is -1.78. The number of fused-ring (bicyclic) bond motifs is 2. The molecule has 5 rings (SSSR count). The van der Waals surface area contributed by atoms with Crippen LogP contribution in [0.4, 0.5) is 29.1 Å². The first-order valence-electron chi connectivity index (χ1n) is 9.73. The van der Waals surface area contributed by atoms with Crippen molar-refractivity contribution in [3.8, 4) is 11.5 Å². The number of benzene rings is 2. The van der Waals surface area contributed by atoms with Gasteiger partial charge in [-0.25, -0.2) is 27.5 Å². The van der Waals surface area contributed by atoms with E-state index in [0.29, 0.717) is 28.8 Å². The molecule has 2 aliphatic heterocycles. The smallest absolute Gasteiger partial charge is 0.164 e. The average molecular weight is 451 g/mol. The standard InChI is InChI=1S/C21H17F4N3O4/c1-29-15-4-10-14(5-16(15)32-17-7-31-19-13(25)6-30-20(17)19)26-8-27-21(10)28-18-11(23)2-9(22)3-12(18)24/h2-5,8,13,17,19-20H,6-7H2,1H3,(H,26,27,28)/t13?,17?,19-,20-/m0/s1. The minimum Gasteiger partial charge on any atom is -0.493 e. The van der Waals surface area contributed by atoms with E-state index < -0.39 is 47.6 Å². The van der Waals surface area contributed by atoms with E-state index in [1.54, 1.807) is 6.07 Å². The van der Waals surface area contributed by atoms with Crippen LogP contribution in [0.15, 0.2) is 30.6 Å². The lowest BCUT2D eigenvalue weighted by atomic mass is 10.1. The van der Waals surface area contributed by atoms with Gasteiger partial charge >= 0.3 is 0 Å². The molecule has 0 saturated carbocycles. The van der Waals surface area contributed by atoms with Crippen LogP contribution in [0.25, 0.3) is 10.9 Å². The Kier molecular flexibility index (Phi) is 5.22. The molecule has 1 N–H and O–H groups in total. The number of methoxy groups -OCH3 is 1. The van der Waals surface area contributed by atoms with E-state index >= 15 is 0 Å². The summed E-state index contributed by atoms with van der Waals surface area (Å²) in [4.78, 5) is 8.21. The lowest BCUT2D eigenvalue weighted by Gasteiger charge is -2.20. The molecular weight excluding hydrogens is 434 g/mol. The molecule has 3 aromatic rings. The van der Waals surface area contributed by atoms with Crippen LogP contribution in [0.3, 0.4) is 0 Å². The van der Waals surface area contributed by atoms with Gasteiger partial charge in [-0.2, -0.15) is 0 Å². The zero-order chi connectivity index (χ0) is 22.4. The molecule has 4 atom stereocenters. The normalized spacial score (nSPS) is 24.5. The number of hydrogen-bond acceptors (Lipinski definition) is 7. The molecule has 0 amide bonds. The summed E-state index contributed by atoms with van der Waals surface area (Å²) < 4.78 is 77.5. The van der Waals surface area contributed by atoms with Crippen molar-refractivity contribution in [2.75, 3.05) is 25.6 Å². The predicted molar refractivity (Wildman–Crippen MR) is 104 cm³/mol. The molecule has 0 bridgehead atoms. The second kappa shape index (κ2) is 8.06. The third kappa shape index (κ3) is 3.56. The summed E-state index contributed by atoms with van der Waals surface area (Å²) in [6, 6.07) is 4.22. The third-order valence-corrected chi connectivity index (χ3v) is 5.40. The van der Waals surface area contributed by atoms with Crippen molar-refractivity contribution in [2.45, 2.75) is 24.5 Å². The number of nitrogens with one attached hydrogen (secondary N) is 1. The van der Waals surface area contributed by atoms with Gasteiger partial charge in [0.2, 0.25) is 0 Å². The molecule has 2 unspecified atom stereocenters. The number of ether oxygens (including phenoxy) is 4. The number of hydrogen-bond donors (Lipinski definition) is 1. The van der Waals surface area contributed by atoms with Crippen molar-refractivity contribution >= 4 is 22.4 Å². The molecule has 1 aromatic heterocycles. The minimum atomic E-state index is -1.21. The highest BCUT2D eigenvalue weighted by atomic mass is 19.1. The SMILES string of the molecule is COc1cc2c(Nc3c(F)cc(F)cc3F)ncnc2cc1OC1CO[C@H]2C(F)CO[C@@H]12. The Morgan fingerprint density at radius 3 is 2.47 bits per heavy atom. The van der Waals surface area contributed by atoms with Gasteiger partial charge in [-0.15, -0.1) is 0 Å². The lowest BCUT2D eigenvalue weighted by molar-refractivity contribution is 0.0271. The number of aromatic nitrogens is 2. The molecule has 2 aliphatic rings. The van der Waals surface area contributed by atoms with E-state index in [4.69, 9.17) is 18.9 Å². The van der Waals surface area contributed by atoms with Crippen molar-refractivity contribution in [1.82, 2.24) is 9.97 Å². The highest BCUT2D eigenvalue weighted by Crippen LogP contribution is 2.38. The molecule has 168 valence electrons. The first-order chi connectivity index (χ1) is 15.4. The zero-order valence-electron chi connectivity index (χ0n) is 16.6. The number of alkyl halides is 1. The number of halogens is 4. The second-order valence-electron chi connectivity index (χ2n) is 7.38. The number of rotatable bonds is 5. The Balaban J connectivity index is 1.48. The van der Waals surface area contributed by atoms with Gasteiger partial charge in [-0.1, -0.05) is 0 Å². The molecule has 0 spiro atoms. The first kappa shape index (κ1) is 20.7. The largest absolute Gasteiger partial charge is 0.493 e. The molecule has 0 radical (unpaired) electrons. The topological polar surface area (TPSA) is 74.7 Å². The summed E-state index contributed by atoms with van der Waals surface area (Å²) in [5.41, 5.74) is -0.175. The summed E-state index contributed by atoms with van der Waals surface area (Å²) in [7, 11) is 1.42. The molecule has 2 aromatic carbocycles. The molecule has 0 aliphatic carbocycles. The van der Waals surface area contributed by atoms with Crippen LogP contribution in [0.2, 0.25) is 0 Å². The molecule has 32 heavy (non-hydrogen) atoms. The Hall–Kier alpha value is -3.18. The van der Waals surface area contributed by atoms with E-state index in [9.17, 15) is 17.6 Å². The van der Waals surface area contributed by atoms with Crippen molar-refractivity contribution in [3.05, 3.63) is 48.0 Å². The maximum Gasteiger partial charge on any atom is 0.164 e. The van der Waals surface area contributed by atoms with Gasteiger partial charge in [0.15, 0.2) is 35.4 Å². The van der Waals surface area contributed by atoms with Gasteiger partial charge in [0.05, 0.1) is 25.8 Å². The van der Waals surface area contributed by atoms with Crippen LogP contribution >= 0.6 is 0 Å². The van der Waals surface area contributed by atoms with Crippen LogP contribution in [-0.2, 0) is 9.47 Å². The molecule has 2 fully saturated rings. The Morgan fingerprint density at radius 2 is 1.72 bits per heavy atom. The molecule has 3 heterocycles. The van der Waals surface area contributed by atoms with Gasteiger partial charge in [0.1, 0.15) is 35.9 Å². The monoisotopic (exact) mass is 451 g/mol. The molecule has 7 nitrogen and oxygen atoms in total. The molecule has 2 saturated heterocycles. The van der Waals surface area contributed by atoms with Crippen LogP contribution in [0.5, 0.6) is 11.5 Å². The minimum absolute atomic E-state index is 0.0528. The summed E-state index contributed by atoms with van der Waals surface area (Å²) >= 11 is 0. The zero-order valence-corrected chi connectivity index (χ0v) is 16.6. The first-order valence-corrected chi connectivity index (χ1v) is 9.73. The Bertz CT molecular complexity index is 1160. The number of anilines is 2. The van der Waals surface area contributed by atoms with E-state index in [2.05, 4.69) is 15.3 Å². The fourth-order valence-corrected chi connectivity index (χ4v) is 3.88. The van der Waals surface area contributed by atoms with E-state index in [1.807, 2.05) is 0 Å². The highest BCUT2D eigenvalue weighted by Gasteiger charge is 2.49. The lowest BCUT2D eigenvalue weighted by Crippen LogP contribution is -2.33. The second-order valence-corrected chi connectivity index (χ2v) is 7.38. The van der Waals surface area contributed by atoms with Crippen LogP contribution in [0, 0.1) is 17.5 Å². The number of nitrogens with zero attached hydrogens (tertiary/aromatic N) is 2. The maximum atomic E-state index is 14.1. The predicted octanol–water partition coefficient (Wildman–Crippen LogP) is 3.68. The van der Waals surface area contributed by atoms with Crippen LogP contribution < -0.4 is 14.8 Å². The Morgan fingerprint density at radius 1 is 0.969 bits per heavy atom. The molecule has 11 heteroatoms. The summed E-state index contributed by atoms with van der Waals surface area (Å²) in [6.45, 7) is 0.0967. The molecular formula is C21H17F4N3O4. The van der Waals surface area contributed by atoms with Gasteiger partial charge < -0.3 is 24.3 Å². The average Bonchev–Trinajstić information content (AvgIpc) is 3.33. The van der Waals surface area contributed by atoms with Crippen LogP contribution in [-0.4, -0.2) is 54.8 Å². The van der Waals surface area contributed by atoms with Crippen molar-refractivity contribution in [2.24, 2.45) is 0 Å². The van der Waals surface area contributed by atoms with E-state index in [0.717, 1.165) is 0 Å². The van der Waals surface area contributed by atoms with Crippen molar-refractivity contribution in [1.29, 1.82) is 0 Å². The fourth-order valence-electron chi connectivity index (χ4n) is 3.88. The Labute approximate surface area is 179 Å². The van der Waals surface area contributed by atoms with Crippen molar-refractivity contribution < 1.29 is 36.5 Å². The van der Waals surface area contributed by atoms with Crippen molar-refractivity contribution in [3.63, 3.8) is 0 Å². The van der Waals surface area contributed by atoms with E-state index in [1.165, 1.54) is 19.5 Å². The van der Waals surface area contributed by atoms with Crippen LogP contribution in [0.1, 0.15) is 0 Å². The van der Waals surface area contributed by atoms with Gasteiger partial charge in [0.25, 0.3) is 0 Å². The fraction of sp³-hybridized carbons (Fsp3) is 0.333. The summed E-state index contributed by atoms with van der Waals surface area (Å²) in [5.74, 6) is -2.59. The van der Waals surface area contributed by atoms with Gasteiger partial charge in [-0.3, -0.25) is 0 Å². The third-order valence-electron chi connectivity index (χ3n) is 5.40. The van der Waals surface area contributed by atoms with E-state index in [-0.39, 0.29) is 24.8 Å². The van der Waals surface area contributed by atoms with Gasteiger partial charge in [0, 0.05) is 23.6 Å². The summed E-state index contributed by atoms with van der Waals surface area (Å²) in [5, 5.41) is 2.92. The maximum absolute atomic E-state index is 14.1. The highest BCUT2D eigenvalue weighted by molar-refractivity contribution is 5.93. The quantitative estimate of drug-likeness (QED) is 0.594.